The predicted octanol–water partition coefficient (Wildman–Crippen LogP) is 2.41. The highest BCUT2D eigenvalue weighted by molar-refractivity contribution is 5.19. The first-order valence-corrected chi connectivity index (χ1v) is 6.08. The molecule has 1 N–H and O–H groups in total. The Morgan fingerprint density at radius 2 is 2.12 bits per heavy atom. The van der Waals surface area contributed by atoms with Gasteiger partial charge in [-0.1, -0.05) is 20.8 Å². The highest BCUT2D eigenvalue weighted by Crippen LogP contribution is 2.57. The van der Waals surface area contributed by atoms with Gasteiger partial charge in [0, 0.05) is 18.2 Å². The summed E-state index contributed by atoms with van der Waals surface area (Å²) in [5.74, 6) is 1.60. The van der Waals surface area contributed by atoms with E-state index in [2.05, 4.69) is 49.0 Å². The molecule has 1 heterocycles. The summed E-state index contributed by atoms with van der Waals surface area (Å²) < 4.78 is 0. The number of nitrogens with one attached hydrogen (secondary N) is 1. The first-order chi connectivity index (χ1) is 7.53. The fourth-order valence-corrected chi connectivity index (χ4v) is 2.07. The van der Waals surface area contributed by atoms with Gasteiger partial charge in [-0.05, 0) is 31.4 Å². The smallest absolute Gasteiger partial charge is 0.132 e. The minimum absolute atomic E-state index is 0.406. The third-order valence-corrected chi connectivity index (χ3v) is 3.31. The van der Waals surface area contributed by atoms with Crippen LogP contribution in [0.2, 0.25) is 0 Å². The van der Waals surface area contributed by atoms with Gasteiger partial charge in [-0.15, -0.1) is 0 Å². The van der Waals surface area contributed by atoms with Crippen molar-refractivity contribution in [3.63, 3.8) is 0 Å². The van der Waals surface area contributed by atoms with Gasteiger partial charge in [0.1, 0.15) is 5.82 Å². The van der Waals surface area contributed by atoms with Gasteiger partial charge in [-0.3, -0.25) is 0 Å². The Balaban J connectivity index is 2.17. The summed E-state index contributed by atoms with van der Waals surface area (Å²) in [6.07, 6.45) is 1.22. The topological polar surface area (TPSA) is 37.8 Å². The lowest BCUT2D eigenvalue weighted by Gasteiger charge is -2.07. The van der Waals surface area contributed by atoms with Crippen molar-refractivity contribution in [3.05, 3.63) is 23.3 Å². The Bertz CT molecular complexity index is 385. The summed E-state index contributed by atoms with van der Waals surface area (Å²) in [6, 6.07) is 2.07. The molecule has 1 unspecified atom stereocenters. The second kappa shape index (κ2) is 4.13. The molecule has 3 nitrogen and oxygen atoms in total. The van der Waals surface area contributed by atoms with Crippen LogP contribution in [0.1, 0.15) is 50.3 Å². The molecule has 0 amide bonds. The summed E-state index contributed by atoms with van der Waals surface area (Å²) in [7, 11) is 0. The molecule has 0 bridgehead atoms. The van der Waals surface area contributed by atoms with Crippen LogP contribution in [0.3, 0.4) is 0 Å². The maximum absolute atomic E-state index is 4.66. The first kappa shape index (κ1) is 11.5. The molecule has 0 saturated heterocycles. The van der Waals surface area contributed by atoms with Gasteiger partial charge in [-0.25, -0.2) is 9.97 Å². The molecular formula is C13H21N3. The van der Waals surface area contributed by atoms with Crippen LogP contribution in [0.25, 0.3) is 0 Å². The lowest BCUT2D eigenvalue weighted by molar-refractivity contribution is 0.603. The molecule has 3 heteroatoms. The normalized spacial score (nSPS) is 22.1. The zero-order valence-electron chi connectivity index (χ0n) is 10.7. The summed E-state index contributed by atoms with van der Waals surface area (Å²) in [6.45, 7) is 10.6. The molecule has 1 saturated carbocycles. The minimum Gasteiger partial charge on any atom is -0.311 e. The molecule has 1 aromatic heterocycles. The van der Waals surface area contributed by atoms with Crippen molar-refractivity contribution in [2.75, 3.05) is 6.54 Å². The van der Waals surface area contributed by atoms with E-state index < -0.39 is 0 Å². The molecule has 88 valence electrons. The molecule has 0 aliphatic heterocycles. The molecule has 1 fully saturated rings. The standard InChI is InChI=1S/C13H21N3/c1-5-14-8-10-6-9(2)15-12(16-10)11-7-13(11,3)4/h6,11,14H,5,7-8H2,1-4H3. The molecule has 16 heavy (non-hydrogen) atoms. The number of aryl methyl sites for hydroxylation is 1. The number of nitrogens with zero attached hydrogens (tertiary/aromatic N) is 2. The van der Waals surface area contributed by atoms with Gasteiger partial charge in [0.2, 0.25) is 0 Å². The van der Waals surface area contributed by atoms with Gasteiger partial charge in [-0.2, -0.15) is 0 Å². The number of rotatable bonds is 4. The molecular weight excluding hydrogens is 198 g/mol. The van der Waals surface area contributed by atoms with Gasteiger partial charge < -0.3 is 5.32 Å². The van der Waals surface area contributed by atoms with Crippen LogP contribution < -0.4 is 5.32 Å². The van der Waals surface area contributed by atoms with E-state index in [1.807, 2.05) is 0 Å². The molecule has 1 atom stereocenters. The SMILES string of the molecule is CCNCc1cc(C)nc(C2CC2(C)C)n1. The van der Waals surface area contributed by atoms with E-state index in [4.69, 9.17) is 0 Å². The van der Waals surface area contributed by atoms with Crippen molar-refractivity contribution in [1.82, 2.24) is 15.3 Å². The van der Waals surface area contributed by atoms with Crippen molar-refractivity contribution in [2.45, 2.75) is 46.6 Å². The fraction of sp³-hybridized carbons (Fsp3) is 0.692. The molecule has 1 aliphatic rings. The Kier molecular flexibility index (Phi) is 2.98. The van der Waals surface area contributed by atoms with E-state index in [0.29, 0.717) is 11.3 Å². The summed E-state index contributed by atoms with van der Waals surface area (Å²) in [5.41, 5.74) is 2.61. The van der Waals surface area contributed by atoms with Gasteiger partial charge in [0.15, 0.2) is 0 Å². The molecule has 2 rings (SSSR count). The zero-order chi connectivity index (χ0) is 11.8. The van der Waals surface area contributed by atoms with Gasteiger partial charge >= 0.3 is 0 Å². The zero-order valence-corrected chi connectivity index (χ0v) is 10.7. The highest BCUT2D eigenvalue weighted by atomic mass is 15.0. The van der Waals surface area contributed by atoms with Crippen molar-refractivity contribution in [1.29, 1.82) is 0 Å². The van der Waals surface area contributed by atoms with Gasteiger partial charge in [0.05, 0.1) is 5.69 Å². The van der Waals surface area contributed by atoms with Crippen LogP contribution >= 0.6 is 0 Å². The second-order valence-electron chi connectivity index (χ2n) is 5.38. The molecule has 0 aromatic carbocycles. The average molecular weight is 219 g/mol. The van der Waals surface area contributed by atoms with Crippen LogP contribution in [-0.4, -0.2) is 16.5 Å². The number of hydrogen-bond acceptors (Lipinski definition) is 3. The monoisotopic (exact) mass is 219 g/mol. The lowest BCUT2D eigenvalue weighted by atomic mass is 10.1. The van der Waals surface area contributed by atoms with E-state index in [9.17, 15) is 0 Å². The van der Waals surface area contributed by atoms with Crippen LogP contribution in [0, 0.1) is 12.3 Å². The maximum atomic E-state index is 4.66. The van der Waals surface area contributed by atoms with E-state index in [1.165, 1.54) is 6.42 Å². The highest BCUT2D eigenvalue weighted by Gasteiger charge is 2.48. The van der Waals surface area contributed by atoms with E-state index >= 15 is 0 Å². The quantitative estimate of drug-likeness (QED) is 0.845. The lowest BCUT2D eigenvalue weighted by Crippen LogP contribution is -2.14. The van der Waals surface area contributed by atoms with Crippen molar-refractivity contribution >= 4 is 0 Å². The van der Waals surface area contributed by atoms with Gasteiger partial charge in [0.25, 0.3) is 0 Å². The fourth-order valence-electron chi connectivity index (χ4n) is 2.07. The average Bonchev–Trinajstić information content (AvgIpc) is 2.84. The Morgan fingerprint density at radius 1 is 1.44 bits per heavy atom. The summed E-state index contributed by atoms with van der Waals surface area (Å²) in [5, 5.41) is 3.31. The largest absolute Gasteiger partial charge is 0.311 e. The predicted molar refractivity (Wildman–Crippen MR) is 65.3 cm³/mol. The Morgan fingerprint density at radius 3 is 2.69 bits per heavy atom. The van der Waals surface area contributed by atoms with Crippen LogP contribution in [0.5, 0.6) is 0 Å². The van der Waals surface area contributed by atoms with E-state index in [-0.39, 0.29) is 0 Å². The van der Waals surface area contributed by atoms with Crippen LogP contribution in [0.4, 0.5) is 0 Å². The van der Waals surface area contributed by atoms with Crippen LogP contribution in [0.15, 0.2) is 6.07 Å². The third kappa shape index (κ3) is 2.40. The third-order valence-electron chi connectivity index (χ3n) is 3.31. The molecule has 0 radical (unpaired) electrons. The van der Waals surface area contributed by atoms with Crippen molar-refractivity contribution in [3.8, 4) is 0 Å². The number of aromatic nitrogens is 2. The number of hydrogen-bond donors (Lipinski definition) is 1. The maximum Gasteiger partial charge on any atom is 0.132 e. The van der Waals surface area contributed by atoms with Crippen LogP contribution in [-0.2, 0) is 6.54 Å². The van der Waals surface area contributed by atoms with Crippen molar-refractivity contribution < 1.29 is 0 Å². The first-order valence-electron chi connectivity index (χ1n) is 6.08. The Labute approximate surface area is 97.7 Å². The minimum atomic E-state index is 0.406. The molecule has 0 spiro atoms. The van der Waals surface area contributed by atoms with E-state index in [1.54, 1.807) is 0 Å². The van der Waals surface area contributed by atoms with E-state index in [0.717, 1.165) is 30.3 Å². The summed E-state index contributed by atoms with van der Waals surface area (Å²) >= 11 is 0. The molecule has 1 aliphatic carbocycles. The molecule has 1 aromatic rings. The Hall–Kier alpha value is -0.960. The van der Waals surface area contributed by atoms with Crippen molar-refractivity contribution in [2.24, 2.45) is 5.41 Å². The second-order valence-corrected chi connectivity index (χ2v) is 5.38. The summed E-state index contributed by atoms with van der Waals surface area (Å²) in [4.78, 5) is 9.22.